The Kier molecular flexibility index (Phi) is 6.09. The van der Waals surface area contributed by atoms with Crippen molar-refractivity contribution in [3.63, 3.8) is 0 Å². The Morgan fingerprint density at radius 1 is 1.19 bits per heavy atom. The van der Waals surface area contributed by atoms with E-state index in [-0.39, 0.29) is 12.1 Å². The smallest absolute Gasteiger partial charge is 0.410 e. The molecule has 1 amide bonds. The number of ether oxygens (including phenoxy) is 2. The van der Waals surface area contributed by atoms with Gasteiger partial charge < -0.3 is 14.0 Å². The SMILES string of the molecule is CC(C)COc1ccc2cc(-c3noc([C@@H]4CCCN4C(=O)OC(C)(C)C)n3)ccc2c1. The molecule has 0 N–H and O–H groups in total. The molecule has 2 aromatic carbocycles. The first-order chi connectivity index (χ1) is 15.2. The highest BCUT2D eigenvalue weighted by Gasteiger charge is 2.36. The van der Waals surface area contributed by atoms with E-state index >= 15 is 0 Å². The predicted molar refractivity (Wildman–Crippen MR) is 122 cm³/mol. The molecule has 1 saturated heterocycles. The number of hydrogen-bond donors (Lipinski definition) is 0. The fraction of sp³-hybridized carbons (Fsp3) is 0.480. The van der Waals surface area contributed by atoms with Gasteiger partial charge in [0.2, 0.25) is 11.7 Å². The van der Waals surface area contributed by atoms with Crippen LogP contribution in [0.5, 0.6) is 5.75 Å². The number of benzene rings is 2. The van der Waals surface area contributed by atoms with E-state index in [1.54, 1.807) is 4.90 Å². The molecule has 0 radical (unpaired) electrons. The minimum atomic E-state index is -0.547. The molecule has 1 aromatic heterocycles. The van der Waals surface area contributed by atoms with Gasteiger partial charge >= 0.3 is 6.09 Å². The maximum Gasteiger partial charge on any atom is 0.410 e. The maximum atomic E-state index is 12.6. The third kappa shape index (κ3) is 5.03. The first-order valence-corrected chi connectivity index (χ1v) is 11.2. The third-order valence-corrected chi connectivity index (χ3v) is 5.26. The van der Waals surface area contributed by atoms with Crippen LogP contribution < -0.4 is 4.74 Å². The summed E-state index contributed by atoms with van der Waals surface area (Å²) < 4.78 is 16.9. The van der Waals surface area contributed by atoms with Gasteiger partial charge in [0, 0.05) is 12.1 Å². The van der Waals surface area contributed by atoms with Crippen molar-refractivity contribution >= 4 is 16.9 Å². The molecule has 3 aromatic rings. The van der Waals surface area contributed by atoms with Gasteiger partial charge in [-0.25, -0.2) is 4.79 Å². The van der Waals surface area contributed by atoms with Crippen molar-refractivity contribution < 1.29 is 18.8 Å². The summed E-state index contributed by atoms with van der Waals surface area (Å²) in [7, 11) is 0. The molecule has 32 heavy (non-hydrogen) atoms. The van der Waals surface area contributed by atoms with Crippen LogP contribution in [0.15, 0.2) is 40.9 Å². The largest absolute Gasteiger partial charge is 0.493 e. The molecule has 2 heterocycles. The molecule has 1 aliphatic heterocycles. The quantitative estimate of drug-likeness (QED) is 0.487. The van der Waals surface area contributed by atoms with E-state index in [0.29, 0.717) is 30.8 Å². The molecule has 0 spiro atoms. The molecular weight excluding hydrogens is 406 g/mol. The summed E-state index contributed by atoms with van der Waals surface area (Å²) in [5, 5.41) is 6.34. The fourth-order valence-corrected chi connectivity index (χ4v) is 3.77. The first kappa shape index (κ1) is 22.1. The molecule has 0 unspecified atom stereocenters. The predicted octanol–water partition coefficient (Wildman–Crippen LogP) is 6.00. The van der Waals surface area contributed by atoms with Crippen LogP contribution in [-0.4, -0.2) is 39.9 Å². The zero-order valence-electron chi connectivity index (χ0n) is 19.4. The number of hydrogen-bond acceptors (Lipinski definition) is 6. The van der Waals surface area contributed by atoms with Crippen LogP contribution in [0.25, 0.3) is 22.2 Å². The zero-order valence-corrected chi connectivity index (χ0v) is 19.4. The zero-order chi connectivity index (χ0) is 22.9. The molecule has 1 atom stereocenters. The average Bonchev–Trinajstić information content (AvgIpc) is 3.40. The third-order valence-electron chi connectivity index (χ3n) is 5.26. The minimum absolute atomic E-state index is 0.257. The van der Waals surface area contributed by atoms with Crippen LogP contribution in [0.2, 0.25) is 0 Å². The Morgan fingerprint density at radius 2 is 1.94 bits per heavy atom. The molecule has 4 rings (SSSR count). The van der Waals surface area contributed by atoms with Crippen LogP contribution in [0.1, 0.15) is 59.4 Å². The Bertz CT molecular complexity index is 1100. The van der Waals surface area contributed by atoms with Gasteiger partial charge in [0.15, 0.2) is 0 Å². The van der Waals surface area contributed by atoms with Gasteiger partial charge in [-0.3, -0.25) is 4.90 Å². The normalized spacial score (nSPS) is 16.7. The standard InChI is InChI=1S/C25H31N3O4/c1-16(2)15-30-20-11-10-17-13-19(9-8-18(17)14-20)22-26-23(32-27-22)21-7-6-12-28(21)24(29)31-25(3,4)5/h8-11,13-14,16,21H,6-7,12,15H2,1-5H3/t21-/m0/s1. The number of rotatable bonds is 5. The van der Waals surface area contributed by atoms with Crippen LogP contribution in [0, 0.1) is 5.92 Å². The number of carbonyl (C=O) groups is 1. The minimum Gasteiger partial charge on any atom is -0.493 e. The lowest BCUT2D eigenvalue weighted by atomic mass is 10.1. The molecule has 0 saturated carbocycles. The Hall–Kier alpha value is -3.09. The molecular formula is C25H31N3O4. The van der Waals surface area contributed by atoms with Gasteiger partial charge in [0.05, 0.1) is 6.61 Å². The van der Waals surface area contributed by atoms with E-state index in [9.17, 15) is 4.79 Å². The second kappa shape index (κ2) is 8.81. The molecule has 170 valence electrons. The van der Waals surface area contributed by atoms with Gasteiger partial charge in [0.1, 0.15) is 17.4 Å². The Labute approximate surface area is 188 Å². The summed E-state index contributed by atoms with van der Waals surface area (Å²) in [6, 6.07) is 11.8. The van der Waals surface area contributed by atoms with Gasteiger partial charge in [-0.05, 0) is 68.5 Å². The maximum absolute atomic E-state index is 12.6. The van der Waals surface area contributed by atoms with Crippen molar-refractivity contribution in [2.45, 2.75) is 59.1 Å². The molecule has 7 nitrogen and oxygen atoms in total. The second-order valence-corrected chi connectivity index (χ2v) is 9.72. The van der Waals surface area contributed by atoms with Crippen molar-refractivity contribution in [1.82, 2.24) is 15.0 Å². The van der Waals surface area contributed by atoms with Crippen LogP contribution in [0.3, 0.4) is 0 Å². The number of fused-ring (bicyclic) bond motifs is 1. The molecule has 7 heteroatoms. The summed E-state index contributed by atoms with van der Waals surface area (Å²) >= 11 is 0. The lowest BCUT2D eigenvalue weighted by Crippen LogP contribution is -2.36. The monoisotopic (exact) mass is 437 g/mol. The summed E-state index contributed by atoms with van der Waals surface area (Å²) in [5.74, 6) is 2.30. The van der Waals surface area contributed by atoms with Crippen molar-refractivity contribution in [2.24, 2.45) is 5.92 Å². The number of likely N-dealkylation sites (tertiary alicyclic amines) is 1. The highest BCUT2D eigenvalue weighted by atomic mass is 16.6. The number of aromatic nitrogens is 2. The second-order valence-electron chi connectivity index (χ2n) is 9.72. The van der Waals surface area contributed by atoms with E-state index in [1.165, 1.54) is 0 Å². The topological polar surface area (TPSA) is 77.7 Å². The van der Waals surface area contributed by atoms with E-state index in [4.69, 9.17) is 14.0 Å². The molecule has 0 aliphatic carbocycles. The number of nitrogens with zero attached hydrogens (tertiary/aromatic N) is 3. The van der Waals surface area contributed by atoms with Crippen molar-refractivity contribution in [1.29, 1.82) is 0 Å². The summed E-state index contributed by atoms with van der Waals surface area (Å²) in [4.78, 5) is 18.9. The van der Waals surface area contributed by atoms with Crippen molar-refractivity contribution in [2.75, 3.05) is 13.2 Å². The molecule has 1 fully saturated rings. The van der Waals surface area contributed by atoms with E-state index < -0.39 is 5.60 Å². The van der Waals surface area contributed by atoms with E-state index in [0.717, 1.165) is 34.9 Å². The summed E-state index contributed by atoms with van der Waals surface area (Å²) in [6.07, 6.45) is 1.30. The van der Waals surface area contributed by atoms with E-state index in [1.807, 2.05) is 57.2 Å². The molecule has 0 bridgehead atoms. The highest BCUT2D eigenvalue weighted by molar-refractivity contribution is 5.87. The summed E-state index contributed by atoms with van der Waals surface area (Å²) in [5.41, 5.74) is 0.319. The first-order valence-electron chi connectivity index (χ1n) is 11.2. The lowest BCUT2D eigenvalue weighted by molar-refractivity contribution is 0.0199. The van der Waals surface area contributed by atoms with Crippen molar-refractivity contribution in [3.05, 3.63) is 42.3 Å². The lowest BCUT2D eigenvalue weighted by Gasteiger charge is -2.26. The Balaban J connectivity index is 1.52. The van der Waals surface area contributed by atoms with Crippen molar-refractivity contribution in [3.8, 4) is 17.1 Å². The number of carbonyl (C=O) groups excluding carboxylic acids is 1. The Morgan fingerprint density at radius 3 is 2.69 bits per heavy atom. The van der Waals surface area contributed by atoms with Crippen LogP contribution >= 0.6 is 0 Å². The molecule has 1 aliphatic rings. The number of amides is 1. The van der Waals surface area contributed by atoms with Crippen LogP contribution in [-0.2, 0) is 4.74 Å². The highest BCUT2D eigenvalue weighted by Crippen LogP contribution is 2.34. The van der Waals surface area contributed by atoms with Gasteiger partial charge in [-0.2, -0.15) is 4.98 Å². The van der Waals surface area contributed by atoms with Gasteiger partial charge in [-0.15, -0.1) is 0 Å². The van der Waals surface area contributed by atoms with Gasteiger partial charge in [-0.1, -0.05) is 37.2 Å². The van der Waals surface area contributed by atoms with E-state index in [2.05, 4.69) is 24.0 Å². The van der Waals surface area contributed by atoms with Gasteiger partial charge in [0.25, 0.3) is 0 Å². The van der Waals surface area contributed by atoms with Crippen LogP contribution in [0.4, 0.5) is 4.79 Å². The fourth-order valence-electron chi connectivity index (χ4n) is 3.77. The summed E-state index contributed by atoms with van der Waals surface area (Å²) in [6.45, 7) is 11.2. The average molecular weight is 438 g/mol.